The summed E-state index contributed by atoms with van der Waals surface area (Å²) in [5.74, 6) is 1.79. The number of hydrogen-bond acceptors (Lipinski definition) is 7. The second-order valence-electron chi connectivity index (χ2n) is 10.5. The first kappa shape index (κ1) is 22.8. The van der Waals surface area contributed by atoms with E-state index in [0.29, 0.717) is 35.9 Å². The Hall–Kier alpha value is -1.65. The molecule has 5 aliphatic rings. The molecule has 5 heterocycles. The van der Waals surface area contributed by atoms with Gasteiger partial charge in [-0.05, 0) is 56.1 Å². The maximum absolute atomic E-state index is 12.6. The Kier molecular flexibility index (Phi) is 5.69. The minimum Gasteiger partial charge on any atom is -0.335 e. The number of ether oxygens (including phenoxy) is 2. The van der Waals surface area contributed by atoms with Crippen molar-refractivity contribution in [3.63, 3.8) is 0 Å². The largest absolute Gasteiger partial charge is 0.335 e. The van der Waals surface area contributed by atoms with Crippen molar-refractivity contribution in [3.05, 3.63) is 24.3 Å². The number of para-hydroxylation sites is 2. The number of amides is 1. The second-order valence-corrected chi connectivity index (χ2v) is 11.8. The lowest BCUT2D eigenvalue weighted by Gasteiger charge is -2.60. The number of anilines is 1. The molecule has 5 fully saturated rings. The predicted molar refractivity (Wildman–Crippen MR) is 129 cm³/mol. The first-order valence-electron chi connectivity index (χ1n) is 12.4. The van der Waals surface area contributed by atoms with Crippen molar-refractivity contribution in [1.82, 2.24) is 9.97 Å². The fraction of sp³-hybridized carbons (Fsp3) is 0.680. The van der Waals surface area contributed by atoms with Gasteiger partial charge in [0, 0.05) is 24.5 Å². The number of thioether (sulfide) groups is 1. The molecule has 9 heteroatoms. The number of carbonyl (C=O) groups is 1. The van der Waals surface area contributed by atoms with E-state index in [-0.39, 0.29) is 17.3 Å². The minimum absolute atomic E-state index is 0.0553. The van der Waals surface area contributed by atoms with Crippen molar-refractivity contribution in [2.75, 3.05) is 11.1 Å². The molecule has 2 aromatic rings. The molecule has 1 aromatic carbocycles. The van der Waals surface area contributed by atoms with E-state index in [4.69, 9.17) is 19.2 Å². The van der Waals surface area contributed by atoms with E-state index in [1.54, 1.807) is 11.8 Å². The van der Waals surface area contributed by atoms with Crippen molar-refractivity contribution in [3.8, 4) is 0 Å². The summed E-state index contributed by atoms with van der Waals surface area (Å²) in [6.07, 6.45) is 4.04. The smallest absolute Gasteiger partial charge is 0.227 e. The van der Waals surface area contributed by atoms with E-state index in [0.717, 1.165) is 30.3 Å². The van der Waals surface area contributed by atoms with Crippen LogP contribution in [0.25, 0.3) is 11.0 Å². The summed E-state index contributed by atoms with van der Waals surface area (Å²) in [6.45, 7) is 6.52. The highest BCUT2D eigenvalue weighted by molar-refractivity contribution is 7.99. The number of carbonyl (C=O) groups excluding carboxylic acids is 1. The summed E-state index contributed by atoms with van der Waals surface area (Å²) in [5.41, 5.74) is 1.15. The number of nitrogens with zero attached hydrogens (tertiary/aromatic N) is 1. The third kappa shape index (κ3) is 3.67. The van der Waals surface area contributed by atoms with E-state index in [9.17, 15) is 4.79 Å². The van der Waals surface area contributed by atoms with Crippen molar-refractivity contribution >= 4 is 34.7 Å². The first-order chi connectivity index (χ1) is 16.4. The second kappa shape index (κ2) is 8.48. The molecular weight excluding hydrogens is 454 g/mol. The molecule has 1 aromatic heterocycles. The lowest BCUT2D eigenvalue weighted by atomic mass is 9.58. The SMILES string of the molecule is C[C@H]1[C@H](SCCC(=O)Nc2nc3ccccc3[nH]2)O[C@@H]2O[C@]3(C)CC[C@H]4[C@H](C)CC[C@@H]1[C@@]24OO3. The minimum atomic E-state index is -0.764. The molecule has 7 rings (SSSR count). The van der Waals surface area contributed by atoms with Gasteiger partial charge in [0.1, 0.15) is 5.44 Å². The summed E-state index contributed by atoms with van der Waals surface area (Å²) >= 11 is 1.69. The number of benzene rings is 1. The van der Waals surface area contributed by atoms with Crippen LogP contribution < -0.4 is 5.32 Å². The van der Waals surface area contributed by atoms with Gasteiger partial charge in [0.15, 0.2) is 11.9 Å². The summed E-state index contributed by atoms with van der Waals surface area (Å²) in [4.78, 5) is 32.2. The fourth-order valence-electron chi connectivity index (χ4n) is 6.54. The molecule has 184 valence electrons. The van der Waals surface area contributed by atoms with Crippen LogP contribution in [0.2, 0.25) is 0 Å². The number of rotatable bonds is 5. The molecule has 0 unspecified atom stereocenters. The molecule has 34 heavy (non-hydrogen) atoms. The van der Waals surface area contributed by atoms with Crippen molar-refractivity contribution < 1.29 is 24.0 Å². The lowest BCUT2D eigenvalue weighted by Crippen LogP contribution is -2.70. The van der Waals surface area contributed by atoms with Crippen LogP contribution in [-0.4, -0.2) is 44.7 Å². The number of imidazole rings is 1. The van der Waals surface area contributed by atoms with Crippen LogP contribution in [0.3, 0.4) is 0 Å². The third-order valence-electron chi connectivity index (χ3n) is 8.36. The number of nitrogens with one attached hydrogen (secondary N) is 2. The first-order valence-corrected chi connectivity index (χ1v) is 13.5. The molecule has 8 atom stereocenters. The summed E-state index contributed by atoms with van der Waals surface area (Å²) in [5, 5.41) is 2.88. The van der Waals surface area contributed by atoms with Gasteiger partial charge in [-0.2, -0.15) is 0 Å². The van der Waals surface area contributed by atoms with E-state index in [2.05, 4.69) is 29.1 Å². The fourth-order valence-corrected chi connectivity index (χ4v) is 7.75. The van der Waals surface area contributed by atoms with E-state index in [1.807, 2.05) is 31.2 Å². The summed E-state index contributed by atoms with van der Waals surface area (Å²) in [6, 6.07) is 7.72. The Labute approximate surface area is 203 Å². The molecule has 4 saturated heterocycles. The van der Waals surface area contributed by atoms with Gasteiger partial charge < -0.3 is 14.5 Å². The highest BCUT2D eigenvalue weighted by Crippen LogP contribution is 2.61. The molecule has 1 spiro atoms. The zero-order valence-corrected chi connectivity index (χ0v) is 20.7. The summed E-state index contributed by atoms with van der Waals surface area (Å²) < 4.78 is 13.0. The topological polar surface area (TPSA) is 94.7 Å². The molecule has 1 aliphatic carbocycles. The molecule has 1 amide bonds. The van der Waals surface area contributed by atoms with Crippen LogP contribution in [0.5, 0.6) is 0 Å². The zero-order chi connectivity index (χ0) is 23.5. The molecule has 2 bridgehead atoms. The number of H-pyrrole nitrogens is 1. The monoisotopic (exact) mass is 487 g/mol. The molecule has 2 N–H and O–H groups in total. The Morgan fingerprint density at radius 1 is 1.21 bits per heavy atom. The Morgan fingerprint density at radius 3 is 2.91 bits per heavy atom. The van der Waals surface area contributed by atoms with Crippen molar-refractivity contribution in [2.24, 2.45) is 23.7 Å². The molecule has 4 aliphatic heterocycles. The zero-order valence-electron chi connectivity index (χ0n) is 19.9. The van der Waals surface area contributed by atoms with Crippen LogP contribution in [-0.2, 0) is 24.0 Å². The summed E-state index contributed by atoms with van der Waals surface area (Å²) in [7, 11) is 0. The molecule has 8 nitrogen and oxygen atoms in total. The van der Waals surface area contributed by atoms with Crippen molar-refractivity contribution in [1.29, 1.82) is 0 Å². The maximum atomic E-state index is 12.6. The number of hydrogen-bond donors (Lipinski definition) is 2. The van der Waals surface area contributed by atoms with Gasteiger partial charge in [-0.3, -0.25) is 10.1 Å². The standard InChI is InChI=1S/C25H33N3O5S/c1-14-8-9-17-15(2)21(30-22-25(17)16(14)10-12-24(3,31-22)32-33-25)34-13-11-20(29)28-23-26-18-6-4-5-7-19(18)27-23/h4-7,14-17,21-22H,8-13H2,1-3H3,(H2,26,27,28,29)/t14-,15-,16+,17+,21+,22-,24+,25-/m1/s1. The average molecular weight is 488 g/mol. The van der Waals surface area contributed by atoms with E-state index >= 15 is 0 Å². The maximum Gasteiger partial charge on any atom is 0.227 e. The highest BCUT2D eigenvalue weighted by atomic mass is 32.2. The normalized spacial score (nSPS) is 41.1. The average Bonchev–Trinajstić information content (AvgIpc) is 3.08. The van der Waals surface area contributed by atoms with E-state index < -0.39 is 17.7 Å². The van der Waals surface area contributed by atoms with Gasteiger partial charge in [0.05, 0.1) is 11.0 Å². The molecule has 0 radical (unpaired) electrons. The van der Waals surface area contributed by atoms with Crippen LogP contribution in [0, 0.1) is 23.7 Å². The van der Waals surface area contributed by atoms with Crippen LogP contribution in [0.1, 0.15) is 52.9 Å². The Morgan fingerprint density at radius 2 is 2.06 bits per heavy atom. The molecule has 1 saturated carbocycles. The Bertz CT molecular complexity index is 1050. The van der Waals surface area contributed by atoms with Crippen LogP contribution in [0.4, 0.5) is 5.95 Å². The lowest BCUT2D eigenvalue weighted by molar-refractivity contribution is -0.568. The number of aromatic nitrogens is 2. The predicted octanol–water partition coefficient (Wildman–Crippen LogP) is 4.83. The number of aromatic amines is 1. The highest BCUT2D eigenvalue weighted by Gasteiger charge is 2.69. The van der Waals surface area contributed by atoms with Gasteiger partial charge in [0.2, 0.25) is 17.6 Å². The number of fused-ring (bicyclic) bond motifs is 3. The van der Waals surface area contributed by atoms with E-state index in [1.165, 1.54) is 6.42 Å². The van der Waals surface area contributed by atoms with Crippen LogP contribution >= 0.6 is 11.8 Å². The van der Waals surface area contributed by atoms with Gasteiger partial charge in [-0.15, -0.1) is 11.8 Å². The van der Waals surface area contributed by atoms with Gasteiger partial charge in [0.25, 0.3) is 0 Å². The van der Waals surface area contributed by atoms with Crippen molar-refractivity contribution in [2.45, 2.75) is 76.0 Å². The van der Waals surface area contributed by atoms with Gasteiger partial charge in [-0.25, -0.2) is 14.8 Å². The van der Waals surface area contributed by atoms with Crippen LogP contribution in [0.15, 0.2) is 24.3 Å². The van der Waals surface area contributed by atoms with Gasteiger partial charge in [-0.1, -0.05) is 26.0 Å². The Balaban J connectivity index is 1.11. The quantitative estimate of drug-likeness (QED) is 0.583. The van der Waals surface area contributed by atoms with Gasteiger partial charge >= 0.3 is 0 Å². The molecular formula is C25H33N3O5S. The third-order valence-corrected chi connectivity index (χ3v) is 9.66.